The largest absolute Gasteiger partial charge is 0.324 e. The maximum Gasteiger partial charge on any atom is 0.239 e. The van der Waals surface area contributed by atoms with Gasteiger partial charge in [-0.3, -0.25) is 14.5 Å². The van der Waals surface area contributed by atoms with Crippen LogP contribution in [0.25, 0.3) is 5.69 Å². The van der Waals surface area contributed by atoms with Crippen LogP contribution in [0.2, 0.25) is 0 Å². The van der Waals surface area contributed by atoms with Crippen LogP contribution in [0.15, 0.2) is 36.4 Å². The number of carbonyl (C=O) groups excluding carboxylic acids is 2. The van der Waals surface area contributed by atoms with E-state index in [2.05, 4.69) is 15.7 Å². The summed E-state index contributed by atoms with van der Waals surface area (Å²) in [5.74, 6) is 0.242. The smallest absolute Gasteiger partial charge is 0.239 e. The van der Waals surface area contributed by atoms with E-state index >= 15 is 0 Å². The molecule has 0 aliphatic rings. The van der Waals surface area contributed by atoms with Crippen molar-refractivity contribution in [1.29, 1.82) is 0 Å². The predicted molar refractivity (Wildman–Crippen MR) is 133 cm³/mol. The summed E-state index contributed by atoms with van der Waals surface area (Å²) < 4.78 is 1.76. The quantitative estimate of drug-likeness (QED) is 0.568. The van der Waals surface area contributed by atoms with Gasteiger partial charge in [0, 0.05) is 11.8 Å². The number of anilines is 2. The maximum absolute atomic E-state index is 12.7. The summed E-state index contributed by atoms with van der Waals surface area (Å²) in [7, 11) is 1.75. The first kappa shape index (κ1) is 24.2. The summed E-state index contributed by atoms with van der Waals surface area (Å²) in [4.78, 5) is 27.0. The molecule has 0 fully saturated rings. The SMILES string of the molecule is Cc1cc(C)c(NC(=O)CN(C)CC(=O)Nc2cc(C)nn2-c2cc(C)ccc2C)c(C)c1. The van der Waals surface area contributed by atoms with E-state index in [0.717, 1.165) is 44.9 Å². The number of aromatic nitrogens is 2. The standard InChI is InChI=1S/C26H33N5O2/c1-16-8-9-18(3)22(12-16)31-23(13-21(6)29-31)27-24(32)14-30(7)15-25(33)28-26-19(4)10-17(2)11-20(26)5/h8-13H,14-15H2,1-7H3,(H,27,32)(H,28,33). The summed E-state index contributed by atoms with van der Waals surface area (Å²) in [6.45, 7) is 12.1. The number of benzene rings is 2. The van der Waals surface area contributed by atoms with Gasteiger partial charge in [0.25, 0.3) is 0 Å². The molecule has 3 aromatic rings. The van der Waals surface area contributed by atoms with Gasteiger partial charge in [-0.1, -0.05) is 29.8 Å². The zero-order valence-corrected chi connectivity index (χ0v) is 20.5. The second-order valence-electron chi connectivity index (χ2n) is 8.92. The Bertz CT molecular complexity index is 1170. The van der Waals surface area contributed by atoms with E-state index in [4.69, 9.17) is 0 Å². The molecule has 0 aliphatic heterocycles. The van der Waals surface area contributed by atoms with E-state index in [1.165, 1.54) is 0 Å². The molecule has 0 aliphatic carbocycles. The van der Waals surface area contributed by atoms with Gasteiger partial charge in [0.15, 0.2) is 0 Å². The van der Waals surface area contributed by atoms with E-state index in [1.54, 1.807) is 16.6 Å². The molecule has 2 aromatic carbocycles. The van der Waals surface area contributed by atoms with Crippen LogP contribution >= 0.6 is 0 Å². The van der Waals surface area contributed by atoms with Gasteiger partial charge < -0.3 is 10.6 Å². The molecule has 0 saturated heterocycles. The highest BCUT2D eigenvalue weighted by molar-refractivity contribution is 5.95. The van der Waals surface area contributed by atoms with Crippen LogP contribution in [0.4, 0.5) is 11.5 Å². The Morgan fingerprint density at radius 1 is 0.818 bits per heavy atom. The lowest BCUT2D eigenvalue weighted by atomic mass is 10.1. The van der Waals surface area contributed by atoms with Crippen molar-refractivity contribution in [2.45, 2.75) is 41.5 Å². The fourth-order valence-corrected chi connectivity index (χ4v) is 4.00. The van der Waals surface area contributed by atoms with Gasteiger partial charge in [-0.05, 0) is 76.9 Å². The molecule has 0 spiro atoms. The number of likely N-dealkylation sites (N-methyl/N-ethyl adjacent to an activating group) is 1. The topological polar surface area (TPSA) is 79.3 Å². The fourth-order valence-electron chi connectivity index (χ4n) is 4.00. The van der Waals surface area contributed by atoms with Gasteiger partial charge in [0.2, 0.25) is 11.8 Å². The first-order valence-corrected chi connectivity index (χ1v) is 11.0. The zero-order chi connectivity index (χ0) is 24.3. The lowest BCUT2D eigenvalue weighted by molar-refractivity contribution is -0.119. The van der Waals surface area contributed by atoms with Crippen molar-refractivity contribution in [3.63, 3.8) is 0 Å². The van der Waals surface area contributed by atoms with Gasteiger partial charge in [-0.15, -0.1) is 0 Å². The zero-order valence-electron chi connectivity index (χ0n) is 20.5. The number of hydrogen-bond acceptors (Lipinski definition) is 4. The molecule has 7 nitrogen and oxygen atoms in total. The van der Waals surface area contributed by atoms with E-state index in [-0.39, 0.29) is 24.9 Å². The Labute approximate surface area is 195 Å². The van der Waals surface area contributed by atoms with Crippen LogP contribution in [-0.2, 0) is 9.59 Å². The molecule has 0 bridgehead atoms. The second kappa shape index (κ2) is 10.0. The number of rotatable bonds is 7. The highest BCUT2D eigenvalue weighted by atomic mass is 16.2. The molecule has 1 heterocycles. The summed E-state index contributed by atoms with van der Waals surface area (Å²) >= 11 is 0. The van der Waals surface area contributed by atoms with Crippen LogP contribution in [0.1, 0.15) is 33.5 Å². The van der Waals surface area contributed by atoms with Crippen molar-refractivity contribution in [3.05, 3.63) is 69.9 Å². The molecule has 33 heavy (non-hydrogen) atoms. The van der Waals surface area contributed by atoms with Gasteiger partial charge in [0.1, 0.15) is 5.82 Å². The van der Waals surface area contributed by atoms with E-state index in [0.29, 0.717) is 5.82 Å². The Kier molecular flexibility index (Phi) is 7.33. The molecule has 1 aromatic heterocycles. The maximum atomic E-state index is 12.7. The number of nitrogens with zero attached hydrogens (tertiary/aromatic N) is 3. The Balaban J connectivity index is 1.64. The van der Waals surface area contributed by atoms with E-state index in [1.807, 2.05) is 77.9 Å². The minimum atomic E-state index is -0.209. The van der Waals surface area contributed by atoms with E-state index < -0.39 is 0 Å². The molecule has 2 amide bonds. The summed E-state index contributed by atoms with van der Waals surface area (Å²) in [5.41, 5.74) is 7.95. The summed E-state index contributed by atoms with van der Waals surface area (Å²) in [5, 5.41) is 10.5. The third-order valence-corrected chi connectivity index (χ3v) is 5.46. The Morgan fingerprint density at radius 2 is 1.42 bits per heavy atom. The number of aryl methyl sites for hydroxylation is 6. The molecule has 0 atom stereocenters. The van der Waals surface area contributed by atoms with Gasteiger partial charge in [0.05, 0.1) is 24.5 Å². The van der Waals surface area contributed by atoms with Crippen molar-refractivity contribution >= 4 is 23.3 Å². The van der Waals surface area contributed by atoms with Crippen LogP contribution in [0.3, 0.4) is 0 Å². The second-order valence-corrected chi connectivity index (χ2v) is 8.92. The average molecular weight is 448 g/mol. The van der Waals surface area contributed by atoms with Crippen LogP contribution in [0, 0.1) is 41.5 Å². The first-order valence-electron chi connectivity index (χ1n) is 11.0. The van der Waals surface area contributed by atoms with E-state index in [9.17, 15) is 9.59 Å². The van der Waals surface area contributed by atoms with Crippen LogP contribution in [-0.4, -0.2) is 46.6 Å². The van der Waals surface area contributed by atoms with Gasteiger partial charge >= 0.3 is 0 Å². The highest BCUT2D eigenvalue weighted by Gasteiger charge is 2.16. The van der Waals surface area contributed by atoms with Crippen molar-refractivity contribution < 1.29 is 9.59 Å². The Morgan fingerprint density at radius 3 is 2.06 bits per heavy atom. The fraction of sp³-hybridized carbons (Fsp3) is 0.346. The molecule has 2 N–H and O–H groups in total. The van der Waals surface area contributed by atoms with Crippen molar-refractivity contribution in [2.24, 2.45) is 0 Å². The molecule has 0 unspecified atom stereocenters. The number of hydrogen-bond donors (Lipinski definition) is 2. The van der Waals surface area contributed by atoms with Crippen molar-refractivity contribution in [3.8, 4) is 5.69 Å². The van der Waals surface area contributed by atoms with Crippen LogP contribution < -0.4 is 10.6 Å². The molecular formula is C26H33N5O2. The normalized spacial score (nSPS) is 11.0. The first-order chi connectivity index (χ1) is 15.5. The minimum absolute atomic E-state index is 0.0797. The molecular weight excluding hydrogens is 414 g/mol. The third-order valence-electron chi connectivity index (χ3n) is 5.46. The van der Waals surface area contributed by atoms with Gasteiger partial charge in [-0.25, -0.2) is 4.68 Å². The van der Waals surface area contributed by atoms with Crippen LogP contribution in [0.5, 0.6) is 0 Å². The molecule has 3 rings (SSSR count). The van der Waals surface area contributed by atoms with Gasteiger partial charge in [-0.2, -0.15) is 5.10 Å². The summed E-state index contributed by atoms with van der Waals surface area (Å²) in [6, 6.07) is 12.1. The Hall–Kier alpha value is -3.45. The number of carbonyl (C=O) groups is 2. The highest BCUT2D eigenvalue weighted by Crippen LogP contribution is 2.23. The number of nitrogens with one attached hydrogen (secondary N) is 2. The lowest BCUT2D eigenvalue weighted by Crippen LogP contribution is -2.36. The molecule has 0 radical (unpaired) electrons. The third kappa shape index (κ3) is 6.08. The van der Waals surface area contributed by atoms with Crippen molar-refractivity contribution in [2.75, 3.05) is 30.8 Å². The molecule has 7 heteroatoms. The molecule has 174 valence electrons. The number of amides is 2. The summed E-state index contributed by atoms with van der Waals surface area (Å²) in [6.07, 6.45) is 0. The average Bonchev–Trinajstić information content (AvgIpc) is 3.05. The molecule has 0 saturated carbocycles. The predicted octanol–water partition coefficient (Wildman–Crippen LogP) is 4.23. The lowest BCUT2D eigenvalue weighted by Gasteiger charge is -2.18. The monoisotopic (exact) mass is 447 g/mol. The van der Waals surface area contributed by atoms with Crippen molar-refractivity contribution in [1.82, 2.24) is 14.7 Å². The minimum Gasteiger partial charge on any atom is -0.324 e.